The summed E-state index contributed by atoms with van der Waals surface area (Å²) >= 11 is 0. The summed E-state index contributed by atoms with van der Waals surface area (Å²) in [5.74, 6) is 0.934. The minimum atomic E-state index is -2.94. The van der Waals surface area contributed by atoms with Gasteiger partial charge in [-0.15, -0.1) is 0 Å². The molecule has 6 heteroatoms. The van der Waals surface area contributed by atoms with Crippen molar-refractivity contribution >= 4 is 21.4 Å². The molecule has 2 heterocycles. The first kappa shape index (κ1) is 13.0. The van der Waals surface area contributed by atoms with E-state index in [1.165, 1.54) is 6.92 Å². The molecule has 1 aliphatic heterocycles. The van der Waals surface area contributed by atoms with Gasteiger partial charge in [-0.25, -0.2) is 13.4 Å². The second kappa shape index (κ2) is 4.68. The Kier molecular flexibility index (Phi) is 3.38. The first-order valence-electron chi connectivity index (χ1n) is 5.83. The molecular weight excluding hydrogens is 252 g/mol. The van der Waals surface area contributed by atoms with Gasteiger partial charge in [0.15, 0.2) is 15.6 Å². The molecule has 0 spiro atoms. The Labute approximate surface area is 107 Å². The number of Topliss-reactive ketones (excluding diaryl/α,β-unsaturated/α-hetero) is 1. The molecule has 1 fully saturated rings. The maximum Gasteiger partial charge on any atom is 0.159 e. The number of hydrogen-bond donors (Lipinski definition) is 0. The fourth-order valence-corrected chi connectivity index (χ4v) is 3.69. The van der Waals surface area contributed by atoms with Gasteiger partial charge in [-0.05, 0) is 26.0 Å². The van der Waals surface area contributed by atoms with E-state index in [1.807, 2.05) is 11.8 Å². The summed E-state index contributed by atoms with van der Waals surface area (Å²) in [6.07, 6.45) is 1.59. The fraction of sp³-hybridized carbons (Fsp3) is 0.500. The number of nitrogens with zero attached hydrogens (tertiary/aromatic N) is 2. The van der Waals surface area contributed by atoms with Gasteiger partial charge in [0.25, 0.3) is 0 Å². The lowest BCUT2D eigenvalue weighted by Gasteiger charge is -2.34. The Morgan fingerprint density at radius 1 is 1.50 bits per heavy atom. The van der Waals surface area contributed by atoms with Crippen LogP contribution in [-0.2, 0) is 9.84 Å². The summed E-state index contributed by atoms with van der Waals surface area (Å²) in [6.45, 7) is 3.79. The first-order chi connectivity index (χ1) is 8.39. The highest BCUT2D eigenvalue weighted by atomic mass is 32.2. The van der Waals surface area contributed by atoms with Gasteiger partial charge in [-0.1, -0.05) is 0 Å². The maximum absolute atomic E-state index is 11.5. The Hall–Kier alpha value is -1.43. The number of anilines is 1. The minimum Gasteiger partial charge on any atom is -0.352 e. The van der Waals surface area contributed by atoms with Crippen LogP contribution in [0.3, 0.4) is 0 Å². The van der Waals surface area contributed by atoms with Gasteiger partial charge in [-0.3, -0.25) is 4.79 Å². The topological polar surface area (TPSA) is 67.3 Å². The van der Waals surface area contributed by atoms with Crippen LogP contribution in [0.25, 0.3) is 0 Å². The third kappa shape index (κ3) is 2.69. The number of carbonyl (C=O) groups excluding carboxylic acids is 1. The van der Waals surface area contributed by atoms with E-state index < -0.39 is 9.84 Å². The van der Waals surface area contributed by atoms with E-state index in [0.717, 1.165) is 0 Å². The van der Waals surface area contributed by atoms with Crippen molar-refractivity contribution < 1.29 is 13.2 Å². The Bertz CT molecular complexity index is 568. The summed E-state index contributed by atoms with van der Waals surface area (Å²) in [7, 11) is -2.94. The van der Waals surface area contributed by atoms with Crippen molar-refractivity contribution in [3.05, 3.63) is 23.9 Å². The fourth-order valence-electron chi connectivity index (χ4n) is 2.13. The number of rotatable bonds is 2. The maximum atomic E-state index is 11.5. The predicted molar refractivity (Wildman–Crippen MR) is 69.7 cm³/mol. The third-order valence-corrected chi connectivity index (χ3v) is 4.91. The van der Waals surface area contributed by atoms with Crippen LogP contribution in [0, 0.1) is 0 Å². The van der Waals surface area contributed by atoms with Crippen LogP contribution in [0.5, 0.6) is 0 Å². The van der Waals surface area contributed by atoms with E-state index in [-0.39, 0.29) is 23.3 Å². The van der Waals surface area contributed by atoms with E-state index >= 15 is 0 Å². The van der Waals surface area contributed by atoms with Crippen molar-refractivity contribution in [2.75, 3.05) is 23.0 Å². The van der Waals surface area contributed by atoms with Crippen LogP contribution in [0.15, 0.2) is 18.3 Å². The molecule has 1 atom stereocenters. The molecule has 0 bridgehead atoms. The predicted octanol–water partition coefficient (Wildman–Crippen LogP) is 0.907. The van der Waals surface area contributed by atoms with Gasteiger partial charge < -0.3 is 4.90 Å². The summed E-state index contributed by atoms with van der Waals surface area (Å²) in [5.41, 5.74) is 0.598. The zero-order valence-electron chi connectivity index (χ0n) is 10.5. The zero-order valence-corrected chi connectivity index (χ0v) is 11.3. The highest BCUT2D eigenvalue weighted by Crippen LogP contribution is 2.20. The van der Waals surface area contributed by atoms with Gasteiger partial charge in [0.05, 0.1) is 11.5 Å². The van der Waals surface area contributed by atoms with Crippen LogP contribution in [0.4, 0.5) is 5.82 Å². The molecule has 0 N–H and O–H groups in total. The Balaban J connectivity index is 2.27. The van der Waals surface area contributed by atoms with E-state index in [4.69, 9.17) is 0 Å². The monoisotopic (exact) mass is 268 g/mol. The smallest absolute Gasteiger partial charge is 0.159 e. The molecule has 1 unspecified atom stereocenters. The molecule has 1 aromatic heterocycles. The zero-order chi connectivity index (χ0) is 13.3. The van der Waals surface area contributed by atoms with Crippen molar-refractivity contribution in [2.45, 2.75) is 19.9 Å². The van der Waals surface area contributed by atoms with Crippen LogP contribution >= 0.6 is 0 Å². The van der Waals surface area contributed by atoms with Crippen LogP contribution in [-0.4, -0.2) is 43.3 Å². The normalized spacial score (nSPS) is 22.8. The molecule has 0 radical (unpaired) electrons. The number of ketones is 1. The van der Waals surface area contributed by atoms with Crippen LogP contribution in [0.1, 0.15) is 24.2 Å². The molecule has 5 nitrogen and oxygen atoms in total. The van der Waals surface area contributed by atoms with Crippen molar-refractivity contribution in [1.82, 2.24) is 4.98 Å². The highest BCUT2D eigenvalue weighted by Gasteiger charge is 2.28. The summed E-state index contributed by atoms with van der Waals surface area (Å²) in [5, 5.41) is 0. The second-order valence-electron chi connectivity index (χ2n) is 4.62. The second-order valence-corrected chi connectivity index (χ2v) is 6.84. The van der Waals surface area contributed by atoms with Gasteiger partial charge in [0, 0.05) is 24.3 Å². The number of carbonyl (C=O) groups is 1. The lowest BCUT2D eigenvalue weighted by molar-refractivity contribution is 0.101. The van der Waals surface area contributed by atoms with E-state index in [1.54, 1.807) is 18.3 Å². The standard InChI is InChI=1S/C12H16N2O3S/c1-9-8-18(16,17)6-5-14(9)12-7-11(10(2)15)3-4-13-12/h3-4,7,9H,5-6,8H2,1-2H3. The lowest BCUT2D eigenvalue weighted by atomic mass is 10.2. The number of sulfone groups is 1. The van der Waals surface area contributed by atoms with E-state index in [2.05, 4.69) is 4.98 Å². The van der Waals surface area contributed by atoms with Crippen molar-refractivity contribution in [3.8, 4) is 0 Å². The molecule has 18 heavy (non-hydrogen) atoms. The SMILES string of the molecule is CC(=O)c1ccnc(N2CCS(=O)(=O)CC2C)c1. The summed E-state index contributed by atoms with van der Waals surface area (Å²) < 4.78 is 23.0. The quantitative estimate of drug-likeness (QED) is 0.746. The first-order valence-corrected chi connectivity index (χ1v) is 7.65. The average molecular weight is 268 g/mol. The molecule has 0 aliphatic carbocycles. The van der Waals surface area contributed by atoms with Gasteiger partial charge in [0.2, 0.25) is 0 Å². The van der Waals surface area contributed by atoms with Crippen molar-refractivity contribution in [2.24, 2.45) is 0 Å². The van der Waals surface area contributed by atoms with Crippen LogP contribution in [0.2, 0.25) is 0 Å². The third-order valence-electron chi connectivity index (χ3n) is 3.12. The highest BCUT2D eigenvalue weighted by molar-refractivity contribution is 7.91. The summed E-state index contributed by atoms with van der Waals surface area (Å²) in [6, 6.07) is 3.27. The van der Waals surface area contributed by atoms with Crippen molar-refractivity contribution in [1.29, 1.82) is 0 Å². The molecule has 98 valence electrons. The Morgan fingerprint density at radius 3 is 2.83 bits per heavy atom. The number of hydrogen-bond acceptors (Lipinski definition) is 5. The van der Waals surface area contributed by atoms with Gasteiger partial charge in [0.1, 0.15) is 5.82 Å². The number of pyridine rings is 1. The van der Waals surface area contributed by atoms with E-state index in [0.29, 0.717) is 17.9 Å². The lowest BCUT2D eigenvalue weighted by Crippen LogP contribution is -2.47. The summed E-state index contributed by atoms with van der Waals surface area (Å²) in [4.78, 5) is 17.5. The molecule has 0 saturated carbocycles. The molecule has 1 saturated heterocycles. The number of aromatic nitrogens is 1. The average Bonchev–Trinajstić information content (AvgIpc) is 2.28. The largest absolute Gasteiger partial charge is 0.352 e. The van der Waals surface area contributed by atoms with Gasteiger partial charge >= 0.3 is 0 Å². The molecule has 2 rings (SSSR count). The molecule has 0 aromatic carbocycles. The molecule has 0 amide bonds. The van der Waals surface area contributed by atoms with Gasteiger partial charge in [-0.2, -0.15) is 0 Å². The molecule has 1 aromatic rings. The molecular formula is C12H16N2O3S. The molecule has 1 aliphatic rings. The van der Waals surface area contributed by atoms with Crippen molar-refractivity contribution in [3.63, 3.8) is 0 Å². The van der Waals surface area contributed by atoms with E-state index in [9.17, 15) is 13.2 Å². The Morgan fingerprint density at radius 2 is 2.22 bits per heavy atom. The minimum absolute atomic E-state index is 0.0177. The van der Waals surface area contributed by atoms with Crippen LogP contribution < -0.4 is 4.90 Å².